The molecule has 0 amide bonds. The predicted octanol–water partition coefficient (Wildman–Crippen LogP) is 3.37. The van der Waals surface area contributed by atoms with Gasteiger partial charge in [-0.15, -0.1) is 0 Å². The molecule has 1 heterocycles. The van der Waals surface area contributed by atoms with E-state index < -0.39 is 0 Å². The quantitative estimate of drug-likeness (QED) is 0.786. The first-order valence-corrected chi connectivity index (χ1v) is 5.26. The van der Waals surface area contributed by atoms with Crippen molar-refractivity contribution in [1.29, 1.82) is 0 Å². The number of carbonyl (C=O) groups is 1. The SMILES string of the molecule is Brc1cc2ccccc2o1.CCOC=O. The zero-order valence-corrected chi connectivity index (χ0v) is 9.86. The molecular formula is C11H11BrO3. The van der Waals surface area contributed by atoms with Crippen LogP contribution in [-0.4, -0.2) is 13.1 Å². The fourth-order valence-corrected chi connectivity index (χ4v) is 1.44. The van der Waals surface area contributed by atoms with E-state index in [9.17, 15) is 4.79 Å². The van der Waals surface area contributed by atoms with Gasteiger partial charge in [-0.3, -0.25) is 4.79 Å². The molecule has 0 saturated heterocycles. The molecular weight excluding hydrogens is 260 g/mol. The molecule has 0 aliphatic heterocycles. The number of benzene rings is 1. The zero-order chi connectivity index (χ0) is 11.1. The van der Waals surface area contributed by atoms with Crippen molar-refractivity contribution in [2.24, 2.45) is 0 Å². The Bertz CT molecular complexity index is 389. The summed E-state index contributed by atoms with van der Waals surface area (Å²) >= 11 is 3.26. The molecule has 2 rings (SSSR count). The van der Waals surface area contributed by atoms with Gasteiger partial charge in [0.05, 0.1) is 6.61 Å². The second-order valence-electron chi connectivity index (χ2n) is 2.64. The lowest BCUT2D eigenvalue weighted by Crippen LogP contribution is -1.80. The summed E-state index contributed by atoms with van der Waals surface area (Å²) in [5.74, 6) is 0. The summed E-state index contributed by atoms with van der Waals surface area (Å²) in [6.07, 6.45) is 0. The second-order valence-corrected chi connectivity index (χ2v) is 3.42. The number of fused-ring (bicyclic) bond motifs is 1. The van der Waals surface area contributed by atoms with Gasteiger partial charge in [0.15, 0.2) is 4.67 Å². The molecule has 15 heavy (non-hydrogen) atoms. The van der Waals surface area contributed by atoms with Gasteiger partial charge >= 0.3 is 0 Å². The van der Waals surface area contributed by atoms with Crippen molar-refractivity contribution in [3.8, 4) is 0 Å². The van der Waals surface area contributed by atoms with Gasteiger partial charge in [-0.1, -0.05) is 18.2 Å². The standard InChI is InChI=1S/C8H5BrO.C3H6O2/c9-8-5-6-3-1-2-4-7(6)10-8;1-2-5-3-4/h1-5H;3H,2H2,1H3. The van der Waals surface area contributed by atoms with E-state index in [0.717, 1.165) is 15.6 Å². The molecule has 3 nitrogen and oxygen atoms in total. The highest BCUT2D eigenvalue weighted by Crippen LogP contribution is 2.22. The average Bonchev–Trinajstić information content (AvgIpc) is 2.60. The van der Waals surface area contributed by atoms with E-state index in [1.807, 2.05) is 30.3 Å². The summed E-state index contributed by atoms with van der Waals surface area (Å²) in [6.45, 7) is 2.66. The maximum atomic E-state index is 9.18. The highest BCUT2D eigenvalue weighted by atomic mass is 79.9. The molecule has 0 saturated carbocycles. The normalized spacial score (nSPS) is 9.20. The van der Waals surface area contributed by atoms with Crippen molar-refractivity contribution >= 4 is 33.4 Å². The highest BCUT2D eigenvalue weighted by molar-refractivity contribution is 9.10. The molecule has 0 fully saturated rings. The van der Waals surface area contributed by atoms with E-state index in [1.165, 1.54) is 0 Å². The van der Waals surface area contributed by atoms with E-state index in [1.54, 1.807) is 6.92 Å². The number of hydrogen-bond donors (Lipinski definition) is 0. The Morgan fingerprint density at radius 3 is 2.73 bits per heavy atom. The molecule has 0 aliphatic rings. The monoisotopic (exact) mass is 270 g/mol. The van der Waals surface area contributed by atoms with Crippen LogP contribution in [0.25, 0.3) is 11.0 Å². The topological polar surface area (TPSA) is 39.4 Å². The molecule has 0 atom stereocenters. The lowest BCUT2D eigenvalue weighted by Gasteiger charge is -1.81. The van der Waals surface area contributed by atoms with Gasteiger partial charge in [-0.05, 0) is 35.0 Å². The number of ether oxygens (including phenoxy) is 1. The number of furan rings is 1. The highest BCUT2D eigenvalue weighted by Gasteiger charge is 1.96. The Balaban J connectivity index is 0.000000195. The van der Waals surface area contributed by atoms with Crippen LogP contribution in [0, 0.1) is 0 Å². The maximum absolute atomic E-state index is 9.18. The minimum absolute atomic E-state index is 0.431. The lowest BCUT2D eigenvalue weighted by molar-refractivity contribution is -0.128. The average molecular weight is 271 g/mol. The van der Waals surface area contributed by atoms with Crippen LogP contribution in [0.15, 0.2) is 39.4 Å². The molecule has 1 aromatic carbocycles. The van der Waals surface area contributed by atoms with Gasteiger partial charge in [-0.2, -0.15) is 0 Å². The van der Waals surface area contributed by atoms with Crippen LogP contribution in [0.2, 0.25) is 0 Å². The molecule has 80 valence electrons. The van der Waals surface area contributed by atoms with Crippen molar-refractivity contribution in [2.75, 3.05) is 6.61 Å². The Labute approximate surface area is 96.2 Å². The van der Waals surface area contributed by atoms with Crippen molar-refractivity contribution in [1.82, 2.24) is 0 Å². The van der Waals surface area contributed by atoms with Crippen LogP contribution >= 0.6 is 15.9 Å². The summed E-state index contributed by atoms with van der Waals surface area (Å²) < 4.78 is 10.2. The van der Waals surface area contributed by atoms with E-state index in [4.69, 9.17) is 4.42 Å². The van der Waals surface area contributed by atoms with Crippen LogP contribution in [-0.2, 0) is 9.53 Å². The van der Waals surface area contributed by atoms with Crippen molar-refractivity contribution in [3.63, 3.8) is 0 Å². The van der Waals surface area contributed by atoms with Crippen molar-refractivity contribution in [3.05, 3.63) is 35.0 Å². The van der Waals surface area contributed by atoms with E-state index >= 15 is 0 Å². The van der Waals surface area contributed by atoms with Gasteiger partial charge in [-0.25, -0.2) is 0 Å². The largest absolute Gasteiger partial charge is 0.468 e. The molecule has 0 unspecified atom stereocenters. The first kappa shape index (κ1) is 11.8. The third-order valence-electron chi connectivity index (χ3n) is 1.63. The summed E-state index contributed by atoms with van der Waals surface area (Å²) in [6, 6.07) is 9.86. The summed E-state index contributed by atoms with van der Waals surface area (Å²) in [5.41, 5.74) is 0.925. The van der Waals surface area contributed by atoms with Crippen LogP contribution in [0.1, 0.15) is 6.92 Å². The second kappa shape index (κ2) is 6.24. The first-order chi connectivity index (χ1) is 7.27. The Morgan fingerprint density at radius 1 is 1.47 bits per heavy atom. The fraction of sp³-hybridized carbons (Fsp3) is 0.182. The van der Waals surface area contributed by atoms with E-state index in [2.05, 4.69) is 20.7 Å². The number of hydrogen-bond acceptors (Lipinski definition) is 3. The minimum Gasteiger partial charge on any atom is -0.468 e. The smallest absolute Gasteiger partial charge is 0.293 e. The summed E-state index contributed by atoms with van der Waals surface area (Å²) in [5, 5.41) is 1.13. The molecule has 4 heteroatoms. The summed E-state index contributed by atoms with van der Waals surface area (Å²) in [7, 11) is 0. The molecule has 0 spiro atoms. The van der Waals surface area contributed by atoms with Crippen LogP contribution in [0.4, 0.5) is 0 Å². The van der Waals surface area contributed by atoms with E-state index in [0.29, 0.717) is 13.1 Å². The lowest BCUT2D eigenvalue weighted by atomic mass is 10.3. The zero-order valence-electron chi connectivity index (χ0n) is 8.27. The number of para-hydroxylation sites is 1. The number of carbonyl (C=O) groups excluding carboxylic acids is 1. The van der Waals surface area contributed by atoms with E-state index in [-0.39, 0.29) is 0 Å². The van der Waals surface area contributed by atoms with Crippen LogP contribution < -0.4 is 0 Å². The van der Waals surface area contributed by atoms with Crippen molar-refractivity contribution in [2.45, 2.75) is 6.92 Å². The molecule has 2 aromatic rings. The van der Waals surface area contributed by atoms with Crippen molar-refractivity contribution < 1.29 is 13.9 Å². The third kappa shape index (κ3) is 3.75. The molecule has 0 N–H and O–H groups in total. The van der Waals surface area contributed by atoms with Crippen LogP contribution in [0.5, 0.6) is 0 Å². The van der Waals surface area contributed by atoms with Gasteiger partial charge in [0.2, 0.25) is 0 Å². The predicted molar refractivity (Wildman–Crippen MR) is 61.6 cm³/mol. The Morgan fingerprint density at radius 2 is 2.20 bits per heavy atom. The van der Waals surface area contributed by atoms with Gasteiger partial charge in [0, 0.05) is 5.39 Å². The Kier molecular flexibility index (Phi) is 4.90. The molecule has 0 bridgehead atoms. The molecule has 0 radical (unpaired) electrons. The minimum atomic E-state index is 0.431. The van der Waals surface area contributed by atoms with Gasteiger partial charge < -0.3 is 9.15 Å². The summed E-state index contributed by atoms with van der Waals surface area (Å²) in [4.78, 5) is 9.18. The molecule has 0 aliphatic carbocycles. The van der Waals surface area contributed by atoms with Gasteiger partial charge in [0.25, 0.3) is 6.47 Å². The third-order valence-corrected chi connectivity index (χ3v) is 2.02. The maximum Gasteiger partial charge on any atom is 0.293 e. The van der Waals surface area contributed by atoms with Crippen LogP contribution in [0.3, 0.4) is 0 Å². The first-order valence-electron chi connectivity index (χ1n) is 4.47. The van der Waals surface area contributed by atoms with Gasteiger partial charge in [0.1, 0.15) is 5.58 Å². The number of rotatable bonds is 2. The molecule has 1 aromatic heterocycles. The number of halogens is 1. The fourth-order valence-electron chi connectivity index (χ4n) is 1.02. The Hall–Kier alpha value is -1.29.